The van der Waals surface area contributed by atoms with Crippen molar-refractivity contribution in [3.63, 3.8) is 0 Å². The standard InChI is InChI=1S/C20H19N3O7/c1-29-19(24)20-11-2-12-21(20)18(14-5-9-16(10-6-14)23(27)28)30-17(20)13-3-7-15(8-4-13)22(25)26/h3-10,17-18H,2,11-12H2,1H3/t17-,18-,20-/m1/s1. The number of non-ortho nitro benzene ring substituents is 2. The predicted octanol–water partition coefficient (Wildman–Crippen LogP) is 3.28. The summed E-state index contributed by atoms with van der Waals surface area (Å²) in [5.74, 6) is -0.437. The third-order valence-corrected chi connectivity index (χ3v) is 5.79. The van der Waals surface area contributed by atoms with Crippen molar-refractivity contribution in [1.29, 1.82) is 0 Å². The van der Waals surface area contributed by atoms with Gasteiger partial charge in [-0.3, -0.25) is 25.1 Å². The molecule has 0 bridgehead atoms. The molecule has 3 atom stereocenters. The van der Waals surface area contributed by atoms with E-state index in [2.05, 4.69) is 0 Å². The quantitative estimate of drug-likeness (QED) is 0.415. The third kappa shape index (κ3) is 3.01. The normalized spacial score (nSPS) is 25.6. The van der Waals surface area contributed by atoms with Crippen LogP contribution in [0.15, 0.2) is 48.5 Å². The van der Waals surface area contributed by atoms with Crippen LogP contribution in [0.2, 0.25) is 0 Å². The molecule has 10 heteroatoms. The summed E-state index contributed by atoms with van der Waals surface area (Å²) in [5, 5.41) is 22.0. The van der Waals surface area contributed by atoms with Gasteiger partial charge in [-0.05, 0) is 48.2 Å². The van der Waals surface area contributed by atoms with E-state index in [1.807, 2.05) is 4.90 Å². The molecule has 0 amide bonds. The van der Waals surface area contributed by atoms with Crippen molar-refractivity contribution in [1.82, 2.24) is 4.90 Å². The highest BCUT2D eigenvalue weighted by atomic mass is 16.6. The zero-order valence-electron chi connectivity index (χ0n) is 16.1. The van der Waals surface area contributed by atoms with E-state index in [4.69, 9.17) is 9.47 Å². The summed E-state index contributed by atoms with van der Waals surface area (Å²) in [5.41, 5.74) is 0.142. The predicted molar refractivity (Wildman–Crippen MR) is 103 cm³/mol. The fourth-order valence-electron chi connectivity index (χ4n) is 4.43. The topological polar surface area (TPSA) is 125 Å². The Bertz CT molecular complexity index is 992. The summed E-state index contributed by atoms with van der Waals surface area (Å²) in [7, 11) is 1.32. The molecule has 156 valence electrons. The molecule has 2 heterocycles. The molecule has 2 aromatic rings. The van der Waals surface area contributed by atoms with Gasteiger partial charge in [-0.25, -0.2) is 4.79 Å². The second kappa shape index (κ2) is 7.47. The number of fused-ring (bicyclic) bond motifs is 1. The molecule has 0 N–H and O–H groups in total. The van der Waals surface area contributed by atoms with Crippen LogP contribution in [0.5, 0.6) is 0 Å². The maximum absolute atomic E-state index is 13.0. The van der Waals surface area contributed by atoms with E-state index in [-0.39, 0.29) is 11.4 Å². The monoisotopic (exact) mass is 413 g/mol. The van der Waals surface area contributed by atoms with Gasteiger partial charge in [0.15, 0.2) is 5.54 Å². The van der Waals surface area contributed by atoms with Gasteiger partial charge in [-0.1, -0.05) is 0 Å². The number of hydrogen-bond acceptors (Lipinski definition) is 8. The van der Waals surface area contributed by atoms with E-state index >= 15 is 0 Å². The number of nitro benzene ring substituents is 2. The number of benzene rings is 2. The molecule has 0 unspecified atom stereocenters. The van der Waals surface area contributed by atoms with Gasteiger partial charge in [0.2, 0.25) is 0 Å². The lowest BCUT2D eigenvalue weighted by atomic mass is 9.85. The van der Waals surface area contributed by atoms with E-state index in [1.165, 1.54) is 31.4 Å². The first-order valence-corrected chi connectivity index (χ1v) is 9.38. The molecule has 0 radical (unpaired) electrons. The molecular weight excluding hydrogens is 394 g/mol. The van der Waals surface area contributed by atoms with Crippen molar-refractivity contribution in [3.05, 3.63) is 79.9 Å². The number of esters is 1. The fourth-order valence-corrected chi connectivity index (χ4v) is 4.43. The Kier molecular flexibility index (Phi) is 4.96. The highest BCUT2D eigenvalue weighted by Gasteiger charge is 2.63. The summed E-state index contributed by atoms with van der Waals surface area (Å²) >= 11 is 0. The lowest BCUT2D eigenvalue weighted by Crippen LogP contribution is -2.50. The molecule has 0 saturated carbocycles. The summed E-state index contributed by atoms with van der Waals surface area (Å²) in [6, 6.07) is 11.9. The van der Waals surface area contributed by atoms with Gasteiger partial charge in [0, 0.05) is 30.8 Å². The molecule has 30 heavy (non-hydrogen) atoms. The van der Waals surface area contributed by atoms with Crippen LogP contribution < -0.4 is 0 Å². The van der Waals surface area contributed by atoms with Gasteiger partial charge < -0.3 is 9.47 Å². The van der Waals surface area contributed by atoms with Gasteiger partial charge >= 0.3 is 5.97 Å². The van der Waals surface area contributed by atoms with Crippen molar-refractivity contribution in [2.75, 3.05) is 13.7 Å². The van der Waals surface area contributed by atoms with Crippen LogP contribution in [0.1, 0.15) is 36.3 Å². The van der Waals surface area contributed by atoms with Crippen molar-refractivity contribution in [3.8, 4) is 0 Å². The SMILES string of the molecule is COC(=O)[C@]12CCCN1[C@@H](c1ccc([N+](=O)[O-])cc1)O[C@@H]2c1ccc([N+](=O)[O-])cc1. The molecular formula is C20H19N3O7. The second-order valence-corrected chi connectivity index (χ2v) is 7.28. The summed E-state index contributed by atoms with van der Waals surface area (Å²) in [4.78, 5) is 35.9. The van der Waals surface area contributed by atoms with Crippen LogP contribution in [-0.2, 0) is 14.3 Å². The molecule has 0 aromatic heterocycles. The molecule has 2 fully saturated rings. The maximum Gasteiger partial charge on any atom is 0.329 e. The Morgan fingerprint density at radius 2 is 1.57 bits per heavy atom. The Hall–Kier alpha value is -3.37. The molecule has 2 aliphatic heterocycles. The smallest absolute Gasteiger partial charge is 0.329 e. The Labute approximate surface area is 171 Å². The lowest BCUT2D eigenvalue weighted by molar-refractivity contribution is -0.385. The zero-order chi connectivity index (χ0) is 21.5. The maximum atomic E-state index is 13.0. The summed E-state index contributed by atoms with van der Waals surface area (Å²) in [6.45, 7) is 0.584. The van der Waals surface area contributed by atoms with E-state index in [0.717, 1.165) is 6.42 Å². The highest BCUT2D eigenvalue weighted by molar-refractivity contribution is 5.83. The van der Waals surface area contributed by atoms with Crippen LogP contribution in [0, 0.1) is 20.2 Å². The minimum Gasteiger partial charge on any atom is -0.468 e. The van der Waals surface area contributed by atoms with E-state index in [1.54, 1.807) is 24.3 Å². The van der Waals surface area contributed by atoms with Gasteiger partial charge in [0.25, 0.3) is 11.4 Å². The number of carbonyl (C=O) groups is 1. The average molecular weight is 413 g/mol. The Morgan fingerprint density at radius 1 is 1.03 bits per heavy atom. The molecule has 2 saturated heterocycles. The highest BCUT2D eigenvalue weighted by Crippen LogP contribution is 2.55. The van der Waals surface area contributed by atoms with Crippen molar-refractivity contribution in [2.24, 2.45) is 0 Å². The number of hydrogen-bond donors (Lipinski definition) is 0. The largest absolute Gasteiger partial charge is 0.468 e. The number of nitrogens with zero attached hydrogens (tertiary/aromatic N) is 3. The van der Waals surface area contributed by atoms with E-state index < -0.39 is 33.7 Å². The first-order valence-electron chi connectivity index (χ1n) is 9.38. The molecule has 4 rings (SSSR count). The van der Waals surface area contributed by atoms with Crippen LogP contribution in [-0.4, -0.2) is 39.9 Å². The van der Waals surface area contributed by atoms with Crippen LogP contribution in [0.3, 0.4) is 0 Å². The number of ether oxygens (including phenoxy) is 2. The molecule has 2 aliphatic rings. The zero-order valence-corrected chi connectivity index (χ0v) is 16.1. The number of methoxy groups -OCH3 is 1. The molecule has 0 spiro atoms. The number of carbonyl (C=O) groups excluding carboxylic acids is 1. The van der Waals surface area contributed by atoms with Crippen molar-refractivity contribution in [2.45, 2.75) is 30.7 Å². The van der Waals surface area contributed by atoms with E-state index in [9.17, 15) is 25.0 Å². The first-order chi connectivity index (χ1) is 14.4. The van der Waals surface area contributed by atoms with Crippen LogP contribution in [0.4, 0.5) is 11.4 Å². The van der Waals surface area contributed by atoms with E-state index in [0.29, 0.717) is 24.1 Å². The van der Waals surface area contributed by atoms with Gasteiger partial charge in [-0.2, -0.15) is 0 Å². The Morgan fingerprint density at radius 3 is 2.07 bits per heavy atom. The molecule has 10 nitrogen and oxygen atoms in total. The molecule has 0 aliphatic carbocycles. The summed E-state index contributed by atoms with van der Waals surface area (Å²) < 4.78 is 11.4. The van der Waals surface area contributed by atoms with Crippen LogP contribution in [0.25, 0.3) is 0 Å². The van der Waals surface area contributed by atoms with Gasteiger partial charge in [0.05, 0.1) is 17.0 Å². The van der Waals surface area contributed by atoms with Gasteiger partial charge in [-0.15, -0.1) is 0 Å². The lowest BCUT2D eigenvalue weighted by Gasteiger charge is -2.33. The summed E-state index contributed by atoms with van der Waals surface area (Å²) in [6.07, 6.45) is -0.0583. The molecule has 2 aromatic carbocycles. The minimum absolute atomic E-state index is 0.0377. The Balaban J connectivity index is 1.76. The average Bonchev–Trinajstić information content (AvgIpc) is 3.32. The third-order valence-electron chi connectivity index (χ3n) is 5.79. The number of nitro groups is 2. The second-order valence-electron chi connectivity index (χ2n) is 7.28. The first kappa shape index (κ1) is 19.9. The fraction of sp³-hybridized carbons (Fsp3) is 0.350. The van der Waals surface area contributed by atoms with Crippen molar-refractivity contribution >= 4 is 17.3 Å². The number of rotatable bonds is 5. The van der Waals surface area contributed by atoms with Gasteiger partial charge in [0.1, 0.15) is 12.3 Å². The van der Waals surface area contributed by atoms with Crippen molar-refractivity contribution < 1.29 is 24.1 Å². The minimum atomic E-state index is -1.07. The van der Waals surface area contributed by atoms with Crippen LogP contribution >= 0.6 is 0 Å².